The molecule has 0 radical (unpaired) electrons. The highest BCUT2D eigenvalue weighted by molar-refractivity contribution is 6.18. The predicted molar refractivity (Wildman–Crippen MR) is 142 cm³/mol. The van der Waals surface area contributed by atoms with Crippen LogP contribution < -0.4 is 4.90 Å². The molecule has 1 aliphatic rings. The molecule has 186 valence electrons. The molecular weight excluding hydrogens is 456 g/mol. The number of carboxylic acid groups (broad SMARTS) is 2. The van der Waals surface area contributed by atoms with Gasteiger partial charge < -0.3 is 20.0 Å². The lowest BCUT2D eigenvalue weighted by Crippen LogP contribution is -2.25. The van der Waals surface area contributed by atoms with Gasteiger partial charge in [-0.05, 0) is 52.2 Å². The average Bonchev–Trinajstić information content (AvgIpc) is 2.98. The van der Waals surface area contributed by atoms with E-state index < -0.39 is 11.9 Å². The molecule has 1 aliphatic heterocycles. The van der Waals surface area contributed by atoms with Crippen LogP contribution in [0.2, 0.25) is 0 Å². The summed E-state index contributed by atoms with van der Waals surface area (Å²) in [5.74, 6) is -1.57. The Morgan fingerprint density at radius 2 is 1.56 bits per heavy atom. The molecule has 0 bridgehead atoms. The Kier molecular flexibility index (Phi) is 9.07. The van der Waals surface area contributed by atoms with Gasteiger partial charge in [0.2, 0.25) is 0 Å². The third kappa shape index (κ3) is 7.10. The molecule has 0 aliphatic carbocycles. The smallest absolute Gasteiger partial charge is 0.328 e. The quantitative estimate of drug-likeness (QED) is 0.467. The van der Waals surface area contributed by atoms with E-state index in [-0.39, 0.29) is 0 Å². The molecule has 0 amide bonds. The van der Waals surface area contributed by atoms with E-state index in [2.05, 4.69) is 78.5 Å². The van der Waals surface area contributed by atoms with Crippen molar-refractivity contribution in [2.24, 2.45) is 4.99 Å². The van der Waals surface area contributed by atoms with Gasteiger partial charge in [-0.2, -0.15) is 0 Å². The summed E-state index contributed by atoms with van der Waals surface area (Å²) in [5.41, 5.74) is 6.36. The lowest BCUT2D eigenvalue weighted by atomic mass is 10.00. The summed E-state index contributed by atoms with van der Waals surface area (Å²) in [4.78, 5) is 33.6. The van der Waals surface area contributed by atoms with E-state index in [0.29, 0.717) is 12.2 Å². The SMILES string of the molecule is Cc1ccc2c(n1)N(CCCN(C)C)c1ccccc1C(c1ccccc1)=N2.O=C(O)/C=C/C(=O)O. The lowest BCUT2D eigenvalue weighted by molar-refractivity contribution is -0.134. The third-order valence-electron chi connectivity index (χ3n) is 5.33. The second kappa shape index (κ2) is 12.4. The van der Waals surface area contributed by atoms with Crippen molar-refractivity contribution in [1.82, 2.24) is 9.88 Å². The number of aromatic nitrogens is 1. The molecule has 4 rings (SSSR count). The van der Waals surface area contributed by atoms with Crippen LogP contribution in [0, 0.1) is 6.92 Å². The van der Waals surface area contributed by atoms with E-state index in [0.717, 1.165) is 53.5 Å². The molecule has 0 unspecified atom stereocenters. The van der Waals surface area contributed by atoms with Crippen molar-refractivity contribution in [3.05, 3.63) is 95.7 Å². The summed E-state index contributed by atoms with van der Waals surface area (Å²) < 4.78 is 0. The summed E-state index contributed by atoms with van der Waals surface area (Å²) in [5, 5.41) is 15.6. The molecule has 2 N–H and O–H groups in total. The van der Waals surface area contributed by atoms with Gasteiger partial charge in [0, 0.05) is 35.5 Å². The van der Waals surface area contributed by atoms with E-state index in [1.54, 1.807) is 0 Å². The molecule has 0 atom stereocenters. The number of para-hydroxylation sites is 1. The maximum atomic E-state index is 9.55. The van der Waals surface area contributed by atoms with Gasteiger partial charge in [-0.15, -0.1) is 0 Å². The van der Waals surface area contributed by atoms with Gasteiger partial charge in [0.25, 0.3) is 0 Å². The van der Waals surface area contributed by atoms with Gasteiger partial charge >= 0.3 is 11.9 Å². The van der Waals surface area contributed by atoms with Gasteiger partial charge in [0.05, 0.1) is 11.4 Å². The predicted octanol–water partition coefficient (Wildman–Crippen LogP) is 4.67. The highest BCUT2D eigenvalue weighted by atomic mass is 16.4. The van der Waals surface area contributed by atoms with E-state index in [1.165, 1.54) is 5.69 Å². The van der Waals surface area contributed by atoms with Gasteiger partial charge in [0.1, 0.15) is 5.69 Å². The maximum Gasteiger partial charge on any atom is 0.328 e. The summed E-state index contributed by atoms with van der Waals surface area (Å²) >= 11 is 0. The van der Waals surface area contributed by atoms with Gasteiger partial charge in [-0.1, -0.05) is 48.5 Å². The molecule has 0 saturated heterocycles. The summed E-state index contributed by atoms with van der Waals surface area (Å²) in [6.07, 6.45) is 2.17. The van der Waals surface area contributed by atoms with E-state index >= 15 is 0 Å². The average molecular weight is 487 g/mol. The number of carbonyl (C=O) groups is 2. The number of fused-ring (bicyclic) bond motifs is 2. The molecule has 0 fully saturated rings. The Bertz CT molecular complexity index is 1250. The van der Waals surface area contributed by atoms with Crippen LogP contribution in [0.4, 0.5) is 17.2 Å². The molecule has 36 heavy (non-hydrogen) atoms. The topological polar surface area (TPSA) is 106 Å². The highest BCUT2D eigenvalue weighted by Gasteiger charge is 2.24. The third-order valence-corrected chi connectivity index (χ3v) is 5.33. The fraction of sp³-hybridized carbons (Fsp3) is 0.214. The van der Waals surface area contributed by atoms with Crippen LogP contribution in [0.3, 0.4) is 0 Å². The first-order chi connectivity index (χ1) is 17.3. The van der Waals surface area contributed by atoms with Gasteiger partial charge in [0.15, 0.2) is 5.82 Å². The fourth-order valence-corrected chi connectivity index (χ4v) is 3.76. The first-order valence-electron chi connectivity index (χ1n) is 11.5. The minimum Gasteiger partial charge on any atom is -0.478 e. The van der Waals surface area contributed by atoms with E-state index in [4.69, 9.17) is 20.2 Å². The fourth-order valence-electron chi connectivity index (χ4n) is 3.76. The van der Waals surface area contributed by atoms with Crippen molar-refractivity contribution >= 4 is 34.8 Å². The normalized spacial score (nSPS) is 12.2. The number of aliphatic carboxylic acids is 2. The van der Waals surface area contributed by atoms with E-state index in [9.17, 15) is 9.59 Å². The van der Waals surface area contributed by atoms with Gasteiger partial charge in [-0.3, -0.25) is 0 Å². The van der Waals surface area contributed by atoms with E-state index in [1.807, 2.05) is 19.1 Å². The molecule has 1 aromatic heterocycles. The Morgan fingerprint density at radius 3 is 2.19 bits per heavy atom. The zero-order valence-electron chi connectivity index (χ0n) is 20.6. The zero-order valence-corrected chi connectivity index (χ0v) is 20.6. The van der Waals surface area contributed by atoms with Crippen LogP contribution in [0.5, 0.6) is 0 Å². The van der Waals surface area contributed by atoms with Crippen LogP contribution >= 0.6 is 0 Å². The van der Waals surface area contributed by atoms with Gasteiger partial charge in [-0.25, -0.2) is 19.6 Å². The lowest BCUT2D eigenvalue weighted by Gasteiger charge is -2.26. The monoisotopic (exact) mass is 486 g/mol. The van der Waals surface area contributed by atoms with Crippen molar-refractivity contribution in [3.8, 4) is 0 Å². The summed E-state index contributed by atoms with van der Waals surface area (Å²) in [7, 11) is 4.23. The van der Waals surface area contributed by atoms with Crippen LogP contribution in [0.25, 0.3) is 0 Å². The second-order valence-electron chi connectivity index (χ2n) is 8.46. The largest absolute Gasteiger partial charge is 0.478 e. The highest BCUT2D eigenvalue weighted by Crippen LogP contribution is 2.39. The maximum absolute atomic E-state index is 9.55. The number of anilines is 2. The summed E-state index contributed by atoms with van der Waals surface area (Å²) in [6, 6.07) is 23.1. The first kappa shape index (κ1) is 26.3. The Hall–Kier alpha value is -4.30. The molecular formula is C28H30N4O4. The number of aryl methyl sites for hydroxylation is 1. The minimum atomic E-state index is -1.26. The van der Waals surface area contributed by atoms with Crippen molar-refractivity contribution in [3.63, 3.8) is 0 Å². The van der Waals surface area contributed by atoms with Crippen LogP contribution in [-0.4, -0.2) is 64.9 Å². The molecule has 0 spiro atoms. The number of benzene rings is 2. The Morgan fingerprint density at radius 1 is 0.917 bits per heavy atom. The standard InChI is InChI=1S/C24H26N4.C4H4O4/c1-18-14-15-21-24(25-18)28(17-9-16-27(2)3)22-13-8-7-12-20(22)23(26-21)19-10-5-4-6-11-19;5-3(6)1-2-4(7)8/h4-8,10-15H,9,16-17H2,1-3H3;1-2H,(H,5,6)(H,7,8)/b;2-1+. The number of aliphatic imine (C=N–C) groups is 1. The number of nitrogens with zero attached hydrogens (tertiary/aromatic N) is 4. The number of pyridine rings is 1. The molecule has 3 aromatic rings. The van der Waals surface area contributed by atoms with Crippen molar-refractivity contribution < 1.29 is 19.8 Å². The van der Waals surface area contributed by atoms with Crippen LogP contribution in [-0.2, 0) is 9.59 Å². The molecule has 0 saturated carbocycles. The molecule has 2 heterocycles. The summed E-state index contributed by atoms with van der Waals surface area (Å²) in [6.45, 7) is 3.97. The van der Waals surface area contributed by atoms with Crippen molar-refractivity contribution in [2.75, 3.05) is 32.1 Å². The Labute approximate surface area is 210 Å². The molecule has 8 nitrogen and oxygen atoms in total. The second-order valence-corrected chi connectivity index (χ2v) is 8.46. The molecule has 2 aromatic carbocycles. The van der Waals surface area contributed by atoms with Crippen molar-refractivity contribution in [1.29, 1.82) is 0 Å². The minimum absolute atomic E-state index is 0.558. The van der Waals surface area contributed by atoms with Crippen LogP contribution in [0.15, 0.2) is 83.9 Å². The number of carboxylic acids is 2. The zero-order chi connectivity index (χ0) is 26.1. The molecule has 8 heteroatoms. The van der Waals surface area contributed by atoms with Crippen molar-refractivity contribution in [2.45, 2.75) is 13.3 Å². The number of rotatable bonds is 7. The van der Waals surface area contributed by atoms with Crippen LogP contribution in [0.1, 0.15) is 23.2 Å². The Balaban J connectivity index is 0.000000392. The number of hydrogen-bond donors (Lipinski definition) is 2. The number of hydrogen-bond acceptors (Lipinski definition) is 6. The first-order valence-corrected chi connectivity index (χ1v) is 11.5.